The topological polar surface area (TPSA) is 149 Å². The predicted octanol–water partition coefficient (Wildman–Crippen LogP) is 10.9. The van der Waals surface area contributed by atoms with Crippen LogP contribution in [-0.4, -0.2) is 87.5 Å². The van der Waals surface area contributed by atoms with Gasteiger partial charge in [-0.1, -0.05) is 225 Å². The predicted molar refractivity (Wildman–Crippen MR) is 240 cm³/mol. The largest absolute Gasteiger partial charge is 0.394 e. The second-order valence-corrected chi connectivity index (χ2v) is 17.6. The van der Waals surface area contributed by atoms with E-state index in [9.17, 15) is 30.3 Å². The summed E-state index contributed by atoms with van der Waals surface area (Å²) in [5.74, 6) is -0.175. The molecule has 0 bridgehead atoms. The number of rotatable bonds is 42. The Bertz CT molecular complexity index is 919. The van der Waals surface area contributed by atoms with Crippen molar-refractivity contribution in [3.63, 3.8) is 0 Å². The fourth-order valence-corrected chi connectivity index (χ4v) is 8.10. The highest BCUT2D eigenvalue weighted by atomic mass is 16.7. The van der Waals surface area contributed by atoms with E-state index in [4.69, 9.17) is 9.47 Å². The Morgan fingerprint density at radius 1 is 0.569 bits per heavy atom. The fourth-order valence-electron chi connectivity index (χ4n) is 8.10. The number of aliphatic hydroxyl groups is 5. The van der Waals surface area contributed by atoms with Gasteiger partial charge >= 0.3 is 0 Å². The lowest BCUT2D eigenvalue weighted by molar-refractivity contribution is -0.302. The molecule has 0 aliphatic carbocycles. The van der Waals surface area contributed by atoms with E-state index in [-0.39, 0.29) is 12.5 Å². The van der Waals surface area contributed by atoms with Crippen LogP contribution in [0.2, 0.25) is 0 Å². The lowest BCUT2D eigenvalue weighted by Gasteiger charge is -2.40. The molecule has 344 valence electrons. The van der Waals surface area contributed by atoms with Crippen molar-refractivity contribution in [3.05, 3.63) is 12.2 Å². The molecule has 7 atom stereocenters. The summed E-state index contributed by atoms with van der Waals surface area (Å²) < 4.78 is 11.2. The Morgan fingerprint density at radius 3 is 1.34 bits per heavy atom. The number of nitrogens with one attached hydrogen (secondary N) is 1. The first-order valence-electron chi connectivity index (χ1n) is 24.9. The van der Waals surface area contributed by atoms with Crippen molar-refractivity contribution in [2.45, 2.75) is 281 Å². The van der Waals surface area contributed by atoms with Crippen molar-refractivity contribution in [1.82, 2.24) is 5.32 Å². The van der Waals surface area contributed by atoms with E-state index < -0.39 is 49.5 Å². The summed E-state index contributed by atoms with van der Waals surface area (Å²) in [6.07, 6.45) is 40.0. The first-order valence-corrected chi connectivity index (χ1v) is 24.9. The monoisotopic (exact) mass is 826 g/mol. The van der Waals surface area contributed by atoms with Gasteiger partial charge in [0.15, 0.2) is 6.29 Å². The summed E-state index contributed by atoms with van der Waals surface area (Å²) in [7, 11) is 0. The number of hydrogen-bond donors (Lipinski definition) is 6. The third kappa shape index (κ3) is 30.0. The number of carbonyl (C=O) groups is 1. The maximum atomic E-state index is 12.9. The summed E-state index contributed by atoms with van der Waals surface area (Å²) in [5.41, 5.74) is 0. The lowest BCUT2D eigenvalue weighted by atomic mass is 9.99. The lowest BCUT2D eigenvalue weighted by Crippen LogP contribution is -2.60. The van der Waals surface area contributed by atoms with Crippen molar-refractivity contribution in [1.29, 1.82) is 0 Å². The Balaban J connectivity index is 2.15. The van der Waals surface area contributed by atoms with Crippen LogP contribution in [-0.2, 0) is 14.3 Å². The zero-order valence-corrected chi connectivity index (χ0v) is 37.8. The summed E-state index contributed by atoms with van der Waals surface area (Å²) in [5, 5.41) is 54.1. The SMILES string of the molecule is CCCCCCCCC/C=C/[C@@H](O)[C@H](CO[C@@H]1O[C@H](CO)[C@H](O)C(O)C1O)NC(=O)CCCCCCCCCCCCCCCCCCCCCCCCCCCC. The van der Waals surface area contributed by atoms with Crippen LogP contribution in [0.4, 0.5) is 0 Å². The molecule has 1 amide bonds. The average Bonchev–Trinajstić information content (AvgIpc) is 3.22. The number of unbranched alkanes of at least 4 members (excludes halogenated alkanes) is 32. The molecule has 1 heterocycles. The molecule has 1 aliphatic rings. The average molecular weight is 826 g/mol. The Labute approximate surface area is 356 Å². The van der Waals surface area contributed by atoms with Crippen molar-refractivity contribution in [2.75, 3.05) is 13.2 Å². The number of amides is 1. The summed E-state index contributed by atoms with van der Waals surface area (Å²) in [6.45, 7) is 3.76. The van der Waals surface area contributed by atoms with Crippen LogP contribution in [0.5, 0.6) is 0 Å². The molecule has 6 N–H and O–H groups in total. The minimum Gasteiger partial charge on any atom is -0.394 e. The van der Waals surface area contributed by atoms with Gasteiger partial charge in [0, 0.05) is 6.42 Å². The molecule has 0 aromatic heterocycles. The molecule has 0 aromatic carbocycles. The van der Waals surface area contributed by atoms with Gasteiger partial charge in [0.05, 0.1) is 25.4 Å². The van der Waals surface area contributed by atoms with E-state index >= 15 is 0 Å². The summed E-state index contributed by atoms with van der Waals surface area (Å²) in [4.78, 5) is 12.9. The third-order valence-electron chi connectivity index (χ3n) is 12.1. The normalized spacial score (nSPS) is 20.8. The van der Waals surface area contributed by atoms with Crippen LogP contribution in [0, 0.1) is 0 Å². The second-order valence-electron chi connectivity index (χ2n) is 17.6. The van der Waals surface area contributed by atoms with Crippen molar-refractivity contribution < 1.29 is 39.8 Å². The molecule has 0 spiro atoms. The highest BCUT2D eigenvalue weighted by molar-refractivity contribution is 5.76. The van der Waals surface area contributed by atoms with Gasteiger partial charge < -0.3 is 40.3 Å². The molecule has 0 radical (unpaired) electrons. The number of carbonyl (C=O) groups excluding carboxylic acids is 1. The van der Waals surface area contributed by atoms with Gasteiger partial charge in [0.1, 0.15) is 24.4 Å². The standard InChI is InChI=1S/C49H95NO8/c1-3-5-7-9-11-13-14-15-16-17-18-19-20-21-22-23-24-25-26-27-28-29-31-33-35-37-39-45(53)50-42(43(52)38-36-34-32-30-12-10-8-6-4-2)41-57-49-48(56)47(55)46(54)44(40-51)58-49/h36,38,42-44,46-49,51-52,54-56H,3-35,37,39-41H2,1-2H3,(H,50,53)/b38-36+/t42-,43+,44+,46-,47?,48?,49+/m0/s1. The molecular formula is C49H95NO8. The molecular weight excluding hydrogens is 731 g/mol. The van der Waals surface area contributed by atoms with Gasteiger partial charge in [-0.2, -0.15) is 0 Å². The Hall–Kier alpha value is -1.07. The zero-order valence-electron chi connectivity index (χ0n) is 37.8. The van der Waals surface area contributed by atoms with E-state index in [0.29, 0.717) is 6.42 Å². The van der Waals surface area contributed by atoms with Crippen LogP contribution in [0.25, 0.3) is 0 Å². The maximum absolute atomic E-state index is 12.9. The highest BCUT2D eigenvalue weighted by Gasteiger charge is 2.44. The number of ether oxygens (including phenoxy) is 2. The molecule has 9 nitrogen and oxygen atoms in total. The second kappa shape index (κ2) is 40.0. The molecule has 1 saturated heterocycles. The minimum absolute atomic E-state index is 0.175. The van der Waals surface area contributed by atoms with E-state index in [1.165, 1.54) is 180 Å². The number of hydrogen-bond acceptors (Lipinski definition) is 8. The van der Waals surface area contributed by atoms with Crippen molar-refractivity contribution in [3.8, 4) is 0 Å². The molecule has 0 aromatic rings. The fraction of sp³-hybridized carbons (Fsp3) is 0.939. The smallest absolute Gasteiger partial charge is 0.220 e. The highest BCUT2D eigenvalue weighted by Crippen LogP contribution is 2.23. The molecule has 1 aliphatic heterocycles. The molecule has 2 unspecified atom stereocenters. The summed E-state index contributed by atoms with van der Waals surface area (Å²) in [6, 6.07) is -0.797. The Kier molecular flexibility index (Phi) is 37.9. The van der Waals surface area contributed by atoms with Crippen LogP contribution in [0.15, 0.2) is 12.2 Å². The number of allylic oxidation sites excluding steroid dienone is 1. The van der Waals surface area contributed by atoms with Gasteiger partial charge in [0.2, 0.25) is 5.91 Å². The minimum atomic E-state index is -1.56. The molecule has 0 saturated carbocycles. The van der Waals surface area contributed by atoms with E-state index in [2.05, 4.69) is 19.2 Å². The van der Waals surface area contributed by atoms with E-state index in [1.807, 2.05) is 6.08 Å². The van der Waals surface area contributed by atoms with Crippen LogP contribution < -0.4 is 5.32 Å². The summed E-state index contributed by atoms with van der Waals surface area (Å²) >= 11 is 0. The van der Waals surface area contributed by atoms with Gasteiger partial charge in [0.25, 0.3) is 0 Å². The molecule has 9 heteroatoms. The van der Waals surface area contributed by atoms with Crippen LogP contribution in [0.1, 0.15) is 239 Å². The van der Waals surface area contributed by atoms with E-state index in [0.717, 1.165) is 38.5 Å². The van der Waals surface area contributed by atoms with Gasteiger partial charge in [-0.25, -0.2) is 0 Å². The van der Waals surface area contributed by atoms with Gasteiger partial charge in [-0.3, -0.25) is 4.79 Å². The molecule has 1 rings (SSSR count). The molecule has 1 fully saturated rings. The maximum Gasteiger partial charge on any atom is 0.220 e. The number of aliphatic hydroxyl groups excluding tert-OH is 5. The third-order valence-corrected chi connectivity index (χ3v) is 12.1. The Morgan fingerprint density at radius 2 is 0.948 bits per heavy atom. The molecule has 58 heavy (non-hydrogen) atoms. The first-order chi connectivity index (χ1) is 28.3. The van der Waals surface area contributed by atoms with Gasteiger partial charge in [-0.15, -0.1) is 0 Å². The van der Waals surface area contributed by atoms with Crippen molar-refractivity contribution in [2.24, 2.45) is 0 Å². The quantitative estimate of drug-likeness (QED) is 0.0263. The van der Waals surface area contributed by atoms with Crippen molar-refractivity contribution >= 4 is 5.91 Å². The van der Waals surface area contributed by atoms with Gasteiger partial charge in [-0.05, 0) is 19.3 Å². The van der Waals surface area contributed by atoms with Crippen LogP contribution in [0.3, 0.4) is 0 Å². The zero-order chi connectivity index (χ0) is 42.3. The van der Waals surface area contributed by atoms with E-state index in [1.54, 1.807) is 6.08 Å². The first kappa shape index (κ1) is 54.9. The van der Waals surface area contributed by atoms with Crippen LogP contribution >= 0.6 is 0 Å².